The second kappa shape index (κ2) is 13.3. The zero-order chi connectivity index (χ0) is 33.5. The fourth-order valence-corrected chi connectivity index (χ4v) is 6.72. The number of ether oxygens (including phenoxy) is 1. The van der Waals surface area contributed by atoms with Gasteiger partial charge < -0.3 is 56.3 Å². The minimum Gasteiger partial charge on any atom is -0.395 e. The van der Waals surface area contributed by atoms with E-state index in [0.717, 1.165) is 23.3 Å². The van der Waals surface area contributed by atoms with Crippen molar-refractivity contribution >= 4 is 28.0 Å². The van der Waals surface area contributed by atoms with E-state index >= 15 is 0 Å². The van der Waals surface area contributed by atoms with Crippen LogP contribution in [-0.2, 0) is 16.6 Å². The van der Waals surface area contributed by atoms with Crippen molar-refractivity contribution < 1.29 is 45.6 Å². The molecule has 6 rings (SSSR count). The van der Waals surface area contributed by atoms with E-state index < -0.39 is 68.7 Å². The van der Waals surface area contributed by atoms with Crippen LogP contribution in [0.3, 0.4) is 0 Å². The van der Waals surface area contributed by atoms with Gasteiger partial charge in [-0.3, -0.25) is 9.47 Å². The molecule has 17 heteroatoms. The minimum atomic E-state index is -1.99. The van der Waals surface area contributed by atoms with Gasteiger partial charge in [-0.25, -0.2) is 19.9 Å². The number of aliphatic hydroxyl groups excluding tert-OH is 7. The molecule has 1 aliphatic heterocycles. The first kappa shape index (κ1) is 33.5. The first-order chi connectivity index (χ1) is 22.6. The molecule has 1 aliphatic carbocycles. The van der Waals surface area contributed by atoms with Crippen LogP contribution in [-0.4, -0.2) is 145 Å². The summed E-state index contributed by atoms with van der Waals surface area (Å²) in [7, 11) is 0. The van der Waals surface area contributed by atoms with Crippen molar-refractivity contribution in [3.8, 4) is 0 Å². The Bertz CT molecular complexity index is 1660. The van der Waals surface area contributed by atoms with Crippen molar-refractivity contribution in [1.82, 2.24) is 34.4 Å². The number of hydrogen-bond acceptors (Lipinski definition) is 15. The highest BCUT2D eigenvalue weighted by atomic mass is 16.6. The van der Waals surface area contributed by atoms with Crippen molar-refractivity contribution in [2.75, 3.05) is 45.3 Å². The SMILES string of the molecule is Nc1ncnc2c1ncn2[C@@H]1O[C@H](CN(C2CC(CCc3nc4ccc(C(CO)(CO)CO)cc4[nH]3)C2)C(O)(CO)CO)[C@@H](O)[C@H]1O. The van der Waals surface area contributed by atoms with Crippen molar-refractivity contribution in [1.29, 1.82) is 0 Å². The van der Waals surface area contributed by atoms with E-state index in [1.165, 1.54) is 22.1 Å². The highest BCUT2D eigenvalue weighted by Crippen LogP contribution is 2.40. The lowest BCUT2D eigenvalue weighted by atomic mass is 9.75. The molecule has 4 heterocycles. The third-order valence-electron chi connectivity index (χ3n) is 9.91. The summed E-state index contributed by atoms with van der Waals surface area (Å²) in [6, 6.07) is 5.04. The van der Waals surface area contributed by atoms with E-state index in [9.17, 15) is 40.9 Å². The summed E-state index contributed by atoms with van der Waals surface area (Å²) >= 11 is 0. The maximum Gasteiger partial charge on any atom is 0.167 e. The lowest BCUT2D eigenvalue weighted by Gasteiger charge is -2.50. The van der Waals surface area contributed by atoms with Gasteiger partial charge in [0.1, 0.15) is 36.0 Å². The molecule has 17 nitrogen and oxygen atoms in total. The number of aliphatic hydroxyl groups is 8. The van der Waals surface area contributed by atoms with E-state index in [2.05, 4.69) is 24.9 Å². The number of nitrogens with one attached hydrogen (secondary N) is 1. The molecule has 0 spiro atoms. The number of nitrogens with two attached hydrogens (primary N) is 1. The molecule has 4 atom stereocenters. The second-order valence-electron chi connectivity index (χ2n) is 12.8. The summed E-state index contributed by atoms with van der Waals surface area (Å²) in [5.74, 6) is 1.15. The van der Waals surface area contributed by atoms with Crippen LogP contribution in [0.2, 0.25) is 0 Å². The largest absolute Gasteiger partial charge is 0.395 e. The van der Waals surface area contributed by atoms with Crippen LogP contribution in [0.5, 0.6) is 0 Å². The van der Waals surface area contributed by atoms with Crippen LogP contribution in [0.25, 0.3) is 22.2 Å². The van der Waals surface area contributed by atoms with Crippen LogP contribution >= 0.6 is 0 Å². The van der Waals surface area contributed by atoms with Gasteiger partial charge in [-0.1, -0.05) is 6.07 Å². The predicted molar refractivity (Wildman–Crippen MR) is 165 cm³/mol. The van der Waals surface area contributed by atoms with Crippen molar-refractivity contribution in [2.24, 2.45) is 5.92 Å². The average molecular weight is 659 g/mol. The number of anilines is 1. The quantitative estimate of drug-likeness (QED) is 0.0628. The number of hydrogen-bond donors (Lipinski definition) is 10. The summed E-state index contributed by atoms with van der Waals surface area (Å²) in [6.45, 7) is -2.83. The molecule has 1 saturated heterocycles. The topological polar surface area (TPSA) is 273 Å². The Hall–Kier alpha value is -3.36. The number of rotatable bonds is 14. The van der Waals surface area contributed by atoms with Gasteiger partial charge >= 0.3 is 0 Å². The lowest BCUT2D eigenvalue weighted by Crippen LogP contribution is -2.63. The minimum absolute atomic E-state index is 0.0869. The smallest absolute Gasteiger partial charge is 0.167 e. The molecule has 256 valence electrons. The summed E-state index contributed by atoms with van der Waals surface area (Å²) in [5, 5.41) is 82.6. The van der Waals surface area contributed by atoms with E-state index in [1.807, 2.05) is 0 Å². The van der Waals surface area contributed by atoms with E-state index in [0.29, 0.717) is 36.0 Å². The Balaban J connectivity index is 1.11. The molecule has 1 saturated carbocycles. The molecular formula is C30H42N8O9. The van der Waals surface area contributed by atoms with Gasteiger partial charge in [0, 0.05) is 19.0 Å². The van der Waals surface area contributed by atoms with Gasteiger partial charge in [-0.15, -0.1) is 0 Å². The summed E-state index contributed by atoms with van der Waals surface area (Å²) in [5.41, 5.74) is 5.41. The van der Waals surface area contributed by atoms with Crippen LogP contribution in [0, 0.1) is 5.92 Å². The van der Waals surface area contributed by atoms with Gasteiger partial charge in [0.15, 0.2) is 23.4 Å². The number of imidazole rings is 2. The number of H-pyrrole nitrogens is 1. The standard InChI is InChI=1S/C30H42N8O9/c31-26-23-27(33-14-32-26)37(15-34-23)28-25(45)24(44)21(47-28)8-38(30(46,12-42)13-43)18-5-16(6-18)1-4-22-35-19-3-2-17(7-20(19)36-22)29(9-39,10-40)11-41/h2-3,7,14-16,18,21,24-25,28,39-46H,1,4-6,8-13H2,(H,35,36)(H2,31,32,33)/t16?,18?,21-,24-,25-,28-/m1/s1. The Morgan fingerprint density at radius 1 is 0.979 bits per heavy atom. The van der Waals surface area contributed by atoms with E-state index in [1.54, 1.807) is 18.2 Å². The summed E-state index contributed by atoms with van der Waals surface area (Å²) in [4.78, 5) is 21.8. The molecule has 0 radical (unpaired) electrons. The number of aromatic amines is 1. The van der Waals surface area contributed by atoms with Gasteiger partial charge in [0.05, 0.1) is 55.8 Å². The molecule has 11 N–H and O–H groups in total. The Kier molecular flexibility index (Phi) is 9.47. The first-order valence-electron chi connectivity index (χ1n) is 15.6. The molecule has 0 bridgehead atoms. The highest BCUT2D eigenvalue weighted by molar-refractivity contribution is 5.81. The van der Waals surface area contributed by atoms with Crippen LogP contribution in [0.4, 0.5) is 5.82 Å². The van der Waals surface area contributed by atoms with Gasteiger partial charge in [0.2, 0.25) is 0 Å². The Morgan fingerprint density at radius 3 is 2.38 bits per heavy atom. The lowest BCUT2D eigenvalue weighted by molar-refractivity contribution is -0.206. The molecular weight excluding hydrogens is 616 g/mol. The molecule has 2 aliphatic rings. The molecule has 47 heavy (non-hydrogen) atoms. The molecule has 3 aromatic heterocycles. The fourth-order valence-electron chi connectivity index (χ4n) is 6.72. The van der Waals surface area contributed by atoms with E-state index in [4.69, 9.17) is 10.5 Å². The van der Waals surface area contributed by atoms with Crippen LogP contribution in [0.1, 0.15) is 36.9 Å². The number of fused-ring (bicyclic) bond motifs is 2. The number of nitrogens with zero attached hydrogens (tertiary/aromatic N) is 6. The third-order valence-corrected chi connectivity index (χ3v) is 9.91. The number of nitrogen functional groups attached to an aromatic ring is 1. The number of benzene rings is 1. The Labute approximate surface area is 268 Å². The van der Waals surface area contributed by atoms with Gasteiger partial charge in [-0.2, -0.15) is 0 Å². The van der Waals surface area contributed by atoms with Crippen molar-refractivity contribution in [3.63, 3.8) is 0 Å². The molecule has 1 aromatic carbocycles. The number of aromatic nitrogens is 6. The van der Waals surface area contributed by atoms with Gasteiger partial charge in [0.25, 0.3) is 0 Å². The van der Waals surface area contributed by atoms with Crippen LogP contribution in [0.15, 0.2) is 30.9 Å². The zero-order valence-electron chi connectivity index (χ0n) is 25.7. The van der Waals surface area contributed by atoms with Crippen molar-refractivity contribution in [2.45, 2.75) is 67.4 Å². The van der Waals surface area contributed by atoms with Crippen molar-refractivity contribution in [3.05, 3.63) is 42.2 Å². The van der Waals surface area contributed by atoms with Gasteiger partial charge in [-0.05, 0) is 42.9 Å². The maximum absolute atomic E-state index is 11.2. The first-order valence-corrected chi connectivity index (χ1v) is 15.6. The molecule has 4 aromatic rings. The van der Waals surface area contributed by atoms with Crippen LogP contribution < -0.4 is 5.73 Å². The number of aryl methyl sites for hydroxylation is 1. The summed E-state index contributed by atoms with van der Waals surface area (Å²) in [6.07, 6.45) is 0.531. The molecule has 0 unspecified atom stereocenters. The zero-order valence-corrected chi connectivity index (χ0v) is 25.7. The predicted octanol–water partition coefficient (Wildman–Crippen LogP) is -2.49. The Morgan fingerprint density at radius 2 is 1.70 bits per heavy atom. The maximum atomic E-state index is 11.2. The summed E-state index contributed by atoms with van der Waals surface area (Å²) < 4.78 is 7.53. The fraction of sp³-hybridized carbons (Fsp3) is 0.600. The molecule has 0 amide bonds. The molecule has 2 fully saturated rings. The van der Waals surface area contributed by atoms with E-state index in [-0.39, 0.29) is 24.3 Å². The third kappa shape index (κ3) is 5.97. The highest BCUT2D eigenvalue weighted by Gasteiger charge is 2.50. The second-order valence-corrected chi connectivity index (χ2v) is 12.8. The monoisotopic (exact) mass is 658 g/mol. The normalized spacial score (nSPS) is 25.3. The average Bonchev–Trinajstić information content (AvgIpc) is 3.76.